The molecule has 7 heteroatoms. The maximum Gasteiger partial charge on any atom is 0.289 e. The van der Waals surface area contributed by atoms with Gasteiger partial charge < -0.3 is 9.15 Å². The Morgan fingerprint density at radius 1 is 1.17 bits per heavy atom. The third kappa shape index (κ3) is 6.62. The van der Waals surface area contributed by atoms with Crippen molar-refractivity contribution in [2.45, 2.75) is 45.4 Å². The highest BCUT2D eigenvalue weighted by Gasteiger charge is 2.10. The number of H-pyrrole nitrogens is 1. The van der Waals surface area contributed by atoms with Crippen LogP contribution in [-0.2, 0) is 0 Å². The molecule has 0 fully saturated rings. The molecule has 2 N–H and O–H groups in total. The number of hydrogen-bond donors (Lipinski definition) is 2. The van der Waals surface area contributed by atoms with Gasteiger partial charge in [0.2, 0.25) is 0 Å². The Morgan fingerprint density at radius 2 is 1.97 bits per heavy atom. The Morgan fingerprint density at radius 3 is 2.73 bits per heavy atom. The normalized spacial score (nSPS) is 11.1. The van der Waals surface area contributed by atoms with Gasteiger partial charge in [-0.05, 0) is 48.9 Å². The first-order valence-corrected chi connectivity index (χ1v) is 10.4. The molecule has 0 bridgehead atoms. The number of carbonyl (C=O) groups excluding carboxylic acids is 1. The number of hydrazone groups is 1. The predicted molar refractivity (Wildman–Crippen MR) is 117 cm³/mol. The molecule has 7 nitrogen and oxygen atoms in total. The topological polar surface area (TPSA) is 92.5 Å². The number of amides is 1. The molecular weight excluding hydrogens is 380 g/mol. The zero-order valence-corrected chi connectivity index (χ0v) is 17.3. The van der Waals surface area contributed by atoms with E-state index in [1.807, 2.05) is 24.3 Å². The maximum atomic E-state index is 12.2. The molecule has 2 aromatic heterocycles. The van der Waals surface area contributed by atoms with Gasteiger partial charge in [-0.2, -0.15) is 10.2 Å². The monoisotopic (exact) mass is 408 g/mol. The SMILES string of the molecule is CCCCCCCCOc1ccc(-c2cc(C(=O)N/N=C/c3ccco3)[nH]n2)cc1. The van der Waals surface area contributed by atoms with Crippen molar-refractivity contribution in [1.82, 2.24) is 15.6 Å². The first-order chi connectivity index (χ1) is 14.8. The molecule has 0 spiro atoms. The fourth-order valence-corrected chi connectivity index (χ4v) is 2.96. The Kier molecular flexibility index (Phi) is 8.26. The van der Waals surface area contributed by atoms with Gasteiger partial charge in [-0.25, -0.2) is 5.43 Å². The molecule has 0 aliphatic rings. The van der Waals surface area contributed by atoms with Crippen molar-refractivity contribution >= 4 is 12.1 Å². The summed E-state index contributed by atoms with van der Waals surface area (Å²) in [6.07, 6.45) is 10.4. The number of aromatic nitrogens is 2. The summed E-state index contributed by atoms with van der Waals surface area (Å²) in [6, 6.07) is 12.9. The van der Waals surface area contributed by atoms with Gasteiger partial charge in [0.15, 0.2) is 0 Å². The third-order valence-corrected chi connectivity index (χ3v) is 4.64. The van der Waals surface area contributed by atoms with Gasteiger partial charge in [-0.15, -0.1) is 0 Å². The van der Waals surface area contributed by atoms with E-state index < -0.39 is 0 Å². The molecular formula is C23H28N4O3. The Bertz CT molecular complexity index is 914. The van der Waals surface area contributed by atoms with Crippen LogP contribution in [0.1, 0.15) is 61.7 Å². The van der Waals surface area contributed by atoms with Crippen LogP contribution in [0.15, 0.2) is 58.2 Å². The first kappa shape index (κ1) is 21.4. The summed E-state index contributed by atoms with van der Waals surface area (Å²) in [5.41, 5.74) is 4.34. The summed E-state index contributed by atoms with van der Waals surface area (Å²) >= 11 is 0. The fourth-order valence-electron chi connectivity index (χ4n) is 2.96. The van der Waals surface area contributed by atoms with Crippen LogP contribution in [-0.4, -0.2) is 28.9 Å². The number of rotatable bonds is 12. The molecule has 3 rings (SSSR count). The van der Waals surface area contributed by atoms with Crippen LogP contribution < -0.4 is 10.2 Å². The van der Waals surface area contributed by atoms with Crippen LogP contribution in [0.5, 0.6) is 5.75 Å². The molecule has 0 aliphatic carbocycles. The van der Waals surface area contributed by atoms with Crippen LogP contribution in [0.4, 0.5) is 0 Å². The molecule has 0 saturated heterocycles. The predicted octanol–water partition coefficient (Wildman–Crippen LogP) is 5.17. The minimum absolute atomic E-state index is 0.324. The molecule has 0 atom stereocenters. The van der Waals surface area contributed by atoms with Crippen molar-refractivity contribution in [2.75, 3.05) is 6.61 Å². The van der Waals surface area contributed by atoms with Gasteiger partial charge in [0.1, 0.15) is 17.2 Å². The zero-order valence-electron chi connectivity index (χ0n) is 17.3. The smallest absolute Gasteiger partial charge is 0.289 e. The molecule has 2 heterocycles. The molecule has 0 saturated carbocycles. The number of nitrogens with one attached hydrogen (secondary N) is 2. The van der Waals surface area contributed by atoms with Crippen LogP contribution in [0.25, 0.3) is 11.3 Å². The van der Waals surface area contributed by atoms with E-state index in [-0.39, 0.29) is 5.91 Å². The molecule has 30 heavy (non-hydrogen) atoms. The standard InChI is InChI=1S/C23H28N4O3/c1-2-3-4-5-6-7-14-29-19-12-10-18(11-13-19)21-16-22(26-25-21)23(28)27-24-17-20-9-8-15-30-20/h8-13,15-17H,2-7,14H2,1H3,(H,25,26)(H,27,28)/b24-17+. The van der Waals surface area contributed by atoms with Gasteiger partial charge in [0, 0.05) is 5.56 Å². The van der Waals surface area contributed by atoms with E-state index in [0.717, 1.165) is 24.3 Å². The van der Waals surface area contributed by atoms with E-state index in [1.165, 1.54) is 44.6 Å². The molecule has 0 aliphatic heterocycles. The maximum absolute atomic E-state index is 12.2. The average molecular weight is 409 g/mol. The van der Waals surface area contributed by atoms with Gasteiger partial charge in [0.25, 0.3) is 5.91 Å². The van der Waals surface area contributed by atoms with E-state index in [9.17, 15) is 4.79 Å². The van der Waals surface area contributed by atoms with E-state index in [2.05, 4.69) is 27.6 Å². The molecule has 3 aromatic rings. The van der Waals surface area contributed by atoms with Crippen LogP contribution >= 0.6 is 0 Å². The van der Waals surface area contributed by atoms with Crippen molar-refractivity contribution in [3.63, 3.8) is 0 Å². The largest absolute Gasteiger partial charge is 0.494 e. The number of benzene rings is 1. The zero-order chi connectivity index (χ0) is 21.0. The van der Waals surface area contributed by atoms with Crippen LogP contribution in [0, 0.1) is 0 Å². The second-order valence-electron chi connectivity index (χ2n) is 7.02. The van der Waals surface area contributed by atoms with Crippen molar-refractivity contribution in [1.29, 1.82) is 0 Å². The highest BCUT2D eigenvalue weighted by atomic mass is 16.5. The molecule has 158 valence electrons. The van der Waals surface area contributed by atoms with Gasteiger partial charge in [-0.1, -0.05) is 39.0 Å². The second-order valence-corrected chi connectivity index (χ2v) is 7.02. The minimum Gasteiger partial charge on any atom is -0.494 e. The fraction of sp³-hybridized carbons (Fsp3) is 0.348. The van der Waals surface area contributed by atoms with Gasteiger partial charge in [0.05, 0.1) is 24.8 Å². The van der Waals surface area contributed by atoms with Crippen molar-refractivity contribution in [3.05, 3.63) is 60.2 Å². The van der Waals surface area contributed by atoms with E-state index >= 15 is 0 Å². The number of nitrogens with zero attached hydrogens (tertiary/aromatic N) is 2. The van der Waals surface area contributed by atoms with Crippen molar-refractivity contribution in [2.24, 2.45) is 5.10 Å². The lowest BCUT2D eigenvalue weighted by Crippen LogP contribution is -2.17. The lowest BCUT2D eigenvalue weighted by Gasteiger charge is -2.06. The minimum atomic E-state index is -0.379. The summed E-state index contributed by atoms with van der Waals surface area (Å²) in [5.74, 6) is 1.02. The summed E-state index contributed by atoms with van der Waals surface area (Å²) in [6.45, 7) is 2.96. The lowest BCUT2D eigenvalue weighted by atomic mass is 10.1. The van der Waals surface area contributed by atoms with Crippen molar-refractivity contribution in [3.8, 4) is 17.0 Å². The second kappa shape index (κ2) is 11.6. The molecule has 0 unspecified atom stereocenters. The number of carbonyl (C=O) groups is 1. The quantitative estimate of drug-likeness (QED) is 0.246. The first-order valence-electron chi connectivity index (χ1n) is 10.4. The number of ether oxygens (including phenoxy) is 1. The Hall–Kier alpha value is -3.35. The van der Waals surface area contributed by atoms with Gasteiger partial charge in [-0.3, -0.25) is 9.89 Å². The molecule has 1 aromatic carbocycles. The number of furan rings is 1. The number of aromatic amines is 1. The number of unbranched alkanes of at least 4 members (excludes halogenated alkanes) is 5. The Balaban J connectivity index is 1.45. The number of hydrogen-bond acceptors (Lipinski definition) is 5. The summed E-state index contributed by atoms with van der Waals surface area (Å²) < 4.78 is 10.9. The Labute approximate surface area is 176 Å². The lowest BCUT2D eigenvalue weighted by molar-refractivity contribution is 0.0950. The molecule has 1 amide bonds. The van der Waals surface area contributed by atoms with Gasteiger partial charge >= 0.3 is 0 Å². The average Bonchev–Trinajstić information content (AvgIpc) is 3.46. The molecule has 0 radical (unpaired) electrons. The summed E-state index contributed by atoms with van der Waals surface area (Å²) in [4.78, 5) is 12.2. The van der Waals surface area contributed by atoms with Crippen LogP contribution in [0.3, 0.4) is 0 Å². The van der Waals surface area contributed by atoms with E-state index in [4.69, 9.17) is 9.15 Å². The summed E-state index contributed by atoms with van der Waals surface area (Å²) in [5, 5.41) is 10.8. The third-order valence-electron chi connectivity index (χ3n) is 4.64. The van der Waals surface area contributed by atoms with E-state index in [1.54, 1.807) is 18.2 Å². The van der Waals surface area contributed by atoms with Crippen molar-refractivity contribution < 1.29 is 13.9 Å². The highest BCUT2D eigenvalue weighted by Crippen LogP contribution is 2.21. The van der Waals surface area contributed by atoms with Crippen LogP contribution in [0.2, 0.25) is 0 Å². The van der Waals surface area contributed by atoms with E-state index in [0.29, 0.717) is 17.1 Å². The summed E-state index contributed by atoms with van der Waals surface area (Å²) in [7, 11) is 0. The highest BCUT2D eigenvalue weighted by molar-refractivity contribution is 5.93.